The normalized spacial score (nSPS) is 22.9. The van der Waals surface area contributed by atoms with Gasteiger partial charge in [-0.3, -0.25) is 4.90 Å². The van der Waals surface area contributed by atoms with Gasteiger partial charge in [-0.25, -0.2) is 4.99 Å². The fourth-order valence-electron chi connectivity index (χ4n) is 5.23. The van der Waals surface area contributed by atoms with Gasteiger partial charge in [-0.1, -0.05) is 55.5 Å². The SMILES string of the molecule is CC1CN(C2CCc3ccc(C4N=C(c5cc(-c6ccccc6)c(C(F)(F)F)s5)ON4)cc32)C1. The maximum atomic E-state index is 13.8. The summed E-state index contributed by atoms with van der Waals surface area (Å²) in [5, 5.41) is 0. The minimum Gasteiger partial charge on any atom is -0.385 e. The van der Waals surface area contributed by atoms with Crippen molar-refractivity contribution < 1.29 is 18.0 Å². The molecule has 2 atom stereocenters. The van der Waals surface area contributed by atoms with Gasteiger partial charge in [-0.15, -0.1) is 16.8 Å². The van der Waals surface area contributed by atoms with Crippen molar-refractivity contribution in [2.45, 2.75) is 38.1 Å². The minimum atomic E-state index is -4.45. The molecule has 1 fully saturated rings. The zero-order valence-corrected chi connectivity index (χ0v) is 19.4. The van der Waals surface area contributed by atoms with Crippen LogP contribution in [0.5, 0.6) is 0 Å². The van der Waals surface area contributed by atoms with Gasteiger partial charge in [0.05, 0.1) is 4.88 Å². The summed E-state index contributed by atoms with van der Waals surface area (Å²) in [5.74, 6) is 0.939. The van der Waals surface area contributed by atoms with Crippen LogP contribution in [0.15, 0.2) is 59.6 Å². The number of halogens is 3. The molecule has 2 aromatic carbocycles. The van der Waals surface area contributed by atoms with Crippen LogP contribution in [-0.2, 0) is 17.4 Å². The number of nitrogens with one attached hydrogen (secondary N) is 1. The number of fused-ring (bicyclic) bond motifs is 1. The smallest absolute Gasteiger partial charge is 0.385 e. The standard InChI is InChI=1S/C26H24F3N3OS/c1-15-13-32(14-15)21-10-9-17-7-8-18(11-19(17)21)24-30-25(33-31-24)22-12-20(16-5-3-2-4-6-16)23(34-22)26(27,28)29/h2-8,11-12,15,21,24,31H,9-10,13-14H2,1H3. The number of aliphatic imine (C=N–C) groups is 1. The lowest BCUT2D eigenvalue weighted by molar-refractivity contribution is -0.133. The fraction of sp³-hybridized carbons (Fsp3) is 0.346. The lowest BCUT2D eigenvalue weighted by Gasteiger charge is -2.42. The number of hydrogen-bond donors (Lipinski definition) is 1. The topological polar surface area (TPSA) is 36.9 Å². The molecule has 176 valence electrons. The first-order valence-electron chi connectivity index (χ1n) is 11.5. The van der Waals surface area contributed by atoms with Crippen LogP contribution in [0.1, 0.15) is 52.0 Å². The van der Waals surface area contributed by atoms with Gasteiger partial charge >= 0.3 is 6.18 Å². The van der Waals surface area contributed by atoms with E-state index >= 15 is 0 Å². The summed E-state index contributed by atoms with van der Waals surface area (Å²) in [6.07, 6.45) is -2.70. The Morgan fingerprint density at radius 3 is 2.62 bits per heavy atom. The Kier molecular flexibility index (Phi) is 5.28. The van der Waals surface area contributed by atoms with Gasteiger partial charge < -0.3 is 4.84 Å². The molecule has 4 nitrogen and oxygen atoms in total. The summed E-state index contributed by atoms with van der Waals surface area (Å²) in [6, 6.07) is 17.0. The van der Waals surface area contributed by atoms with Crippen LogP contribution in [0.2, 0.25) is 0 Å². The van der Waals surface area contributed by atoms with E-state index in [2.05, 4.69) is 34.4 Å². The van der Waals surface area contributed by atoms with Crippen molar-refractivity contribution in [3.63, 3.8) is 0 Å². The number of alkyl halides is 3. The van der Waals surface area contributed by atoms with Crippen molar-refractivity contribution in [3.8, 4) is 11.1 Å². The van der Waals surface area contributed by atoms with E-state index in [4.69, 9.17) is 4.84 Å². The molecule has 1 saturated heterocycles. The van der Waals surface area contributed by atoms with E-state index in [1.165, 1.54) is 17.2 Å². The molecule has 3 heterocycles. The summed E-state index contributed by atoms with van der Waals surface area (Å²) < 4.78 is 41.3. The highest BCUT2D eigenvalue weighted by molar-refractivity contribution is 7.14. The predicted molar refractivity (Wildman–Crippen MR) is 126 cm³/mol. The number of hydroxylamine groups is 1. The molecule has 2 unspecified atom stereocenters. The van der Waals surface area contributed by atoms with Crippen molar-refractivity contribution in [3.05, 3.63) is 81.0 Å². The molecule has 0 amide bonds. The Labute approximate surface area is 200 Å². The van der Waals surface area contributed by atoms with E-state index in [1.807, 2.05) is 6.07 Å². The van der Waals surface area contributed by atoms with Crippen LogP contribution in [-0.4, -0.2) is 23.9 Å². The van der Waals surface area contributed by atoms with Crippen molar-refractivity contribution in [2.75, 3.05) is 13.1 Å². The Bertz CT molecular complexity index is 1250. The molecule has 3 aliphatic rings. The number of benzene rings is 2. The number of rotatable bonds is 4. The van der Waals surface area contributed by atoms with Crippen molar-refractivity contribution in [2.24, 2.45) is 10.9 Å². The second-order valence-electron chi connectivity index (χ2n) is 9.35. The Morgan fingerprint density at radius 1 is 1.09 bits per heavy atom. The van der Waals surface area contributed by atoms with E-state index in [-0.39, 0.29) is 11.5 Å². The molecule has 0 saturated carbocycles. The van der Waals surface area contributed by atoms with Crippen LogP contribution in [0, 0.1) is 5.92 Å². The molecule has 0 spiro atoms. The Hall–Kier alpha value is -2.68. The summed E-state index contributed by atoms with van der Waals surface area (Å²) >= 11 is 0.663. The molecule has 6 rings (SSSR count). The first kappa shape index (κ1) is 21.8. The summed E-state index contributed by atoms with van der Waals surface area (Å²) in [7, 11) is 0. The Balaban J connectivity index is 1.30. The second kappa shape index (κ2) is 8.22. The molecule has 0 bridgehead atoms. The monoisotopic (exact) mass is 483 g/mol. The molecule has 0 radical (unpaired) electrons. The predicted octanol–water partition coefficient (Wildman–Crippen LogP) is 6.35. The van der Waals surface area contributed by atoms with Gasteiger partial charge in [0.15, 0.2) is 6.17 Å². The molecular formula is C26H24F3N3OS. The highest BCUT2D eigenvalue weighted by Gasteiger charge is 2.38. The van der Waals surface area contributed by atoms with Crippen molar-refractivity contribution in [1.82, 2.24) is 10.4 Å². The van der Waals surface area contributed by atoms with E-state index in [9.17, 15) is 13.2 Å². The van der Waals surface area contributed by atoms with Crippen molar-refractivity contribution >= 4 is 17.2 Å². The lowest BCUT2D eigenvalue weighted by Crippen LogP contribution is -2.46. The Morgan fingerprint density at radius 2 is 1.88 bits per heavy atom. The zero-order valence-electron chi connectivity index (χ0n) is 18.6. The van der Waals surface area contributed by atoms with E-state index < -0.39 is 17.2 Å². The average Bonchev–Trinajstić information content (AvgIpc) is 3.54. The van der Waals surface area contributed by atoms with Gasteiger partial charge in [0.2, 0.25) is 0 Å². The molecule has 34 heavy (non-hydrogen) atoms. The molecular weight excluding hydrogens is 459 g/mol. The van der Waals surface area contributed by atoms with Crippen LogP contribution in [0.4, 0.5) is 13.2 Å². The molecule has 8 heteroatoms. The number of thiophene rings is 1. The minimum absolute atomic E-state index is 0.145. The van der Waals surface area contributed by atoms with Crippen LogP contribution < -0.4 is 5.48 Å². The number of hydrogen-bond acceptors (Lipinski definition) is 5. The lowest BCUT2D eigenvalue weighted by atomic mass is 9.95. The van der Waals surface area contributed by atoms with Gasteiger partial charge in [0, 0.05) is 24.7 Å². The molecule has 1 N–H and O–H groups in total. The maximum absolute atomic E-state index is 13.8. The zero-order chi connectivity index (χ0) is 23.4. The quantitative estimate of drug-likeness (QED) is 0.470. The third-order valence-corrected chi connectivity index (χ3v) is 8.03. The number of likely N-dealkylation sites (tertiary alicyclic amines) is 1. The number of nitrogens with zero attached hydrogens (tertiary/aromatic N) is 2. The second-order valence-corrected chi connectivity index (χ2v) is 10.4. The molecule has 1 aromatic heterocycles. The van der Waals surface area contributed by atoms with Gasteiger partial charge in [0.25, 0.3) is 5.90 Å². The van der Waals surface area contributed by atoms with Gasteiger partial charge in [0.1, 0.15) is 4.88 Å². The summed E-state index contributed by atoms with van der Waals surface area (Å²) in [6.45, 7) is 4.53. The highest BCUT2D eigenvalue weighted by atomic mass is 32.1. The van der Waals surface area contributed by atoms with E-state index in [1.54, 1.807) is 30.3 Å². The largest absolute Gasteiger partial charge is 0.426 e. The van der Waals surface area contributed by atoms with Crippen LogP contribution in [0.3, 0.4) is 0 Å². The average molecular weight is 484 g/mol. The maximum Gasteiger partial charge on any atom is 0.426 e. The first-order valence-corrected chi connectivity index (χ1v) is 12.3. The van der Waals surface area contributed by atoms with Crippen LogP contribution in [0.25, 0.3) is 11.1 Å². The first-order chi connectivity index (χ1) is 16.4. The highest BCUT2D eigenvalue weighted by Crippen LogP contribution is 2.44. The summed E-state index contributed by atoms with van der Waals surface area (Å²) in [5.41, 5.74) is 7.25. The van der Waals surface area contributed by atoms with E-state index in [0.717, 1.165) is 37.4 Å². The van der Waals surface area contributed by atoms with Gasteiger partial charge in [-0.05, 0) is 47.1 Å². The molecule has 1 aliphatic carbocycles. The number of aryl methyl sites for hydroxylation is 1. The third kappa shape index (κ3) is 3.83. The summed E-state index contributed by atoms with van der Waals surface area (Å²) in [4.78, 5) is 12.4. The molecule has 3 aromatic rings. The van der Waals surface area contributed by atoms with Crippen LogP contribution >= 0.6 is 11.3 Å². The third-order valence-electron chi connectivity index (χ3n) is 6.86. The van der Waals surface area contributed by atoms with Crippen molar-refractivity contribution in [1.29, 1.82) is 0 Å². The van der Waals surface area contributed by atoms with Gasteiger partial charge in [-0.2, -0.15) is 13.2 Å². The van der Waals surface area contributed by atoms with E-state index in [0.29, 0.717) is 27.8 Å². The fourth-order valence-corrected chi connectivity index (χ4v) is 6.21. The molecule has 2 aliphatic heterocycles.